The minimum absolute atomic E-state index is 0.133. The van der Waals surface area contributed by atoms with Gasteiger partial charge in [-0.1, -0.05) is 15.9 Å². The molecule has 0 saturated carbocycles. The summed E-state index contributed by atoms with van der Waals surface area (Å²) in [5.74, 6) is -0.417. The van der Waals surface area contributed by atoms with E-state index >= 15 is 0 Å². The number of methoxy groups -OCH3 is 1. The molecule has 0 spiro atoms. The molecule has 0 atom stereocenters. The van der Waals surface area contributed by atoms with Gasteiger partial charge in [-0.2, -0.15) is 0 Å². The number of carbonyl (C=O) groups excluding carboxylic acids is 2. The van der Waals surface area contributed by atoms with Crippen molar-refractivity contribution in [3.8, 4) is 11.5 Å². The van der Waals surface area contributed by atoms with Gasteiger partial charge in [-0.25, -0.2) is 9.59 Å². The van der Waals surface area contributed by atoms with Gasteiger partial charge in [0.1, 0.15) is 17.1 Å². The van der Waals surface area contributed by atoms with Crippen LogP contribution >= 0.6 is 31.9 Å². The predicted octanol–water partition coefficient (Wildman–Crippen LogP) is 4.62. The van der Waals surface area contributed by atoms with Crippen LogP contribution in [0.3, 0.4) is 0 Å². The average Bonchev–Trinajstić information content (AvgIpc) is 2.56. The number of hydrogen-bond acceptors (Lipinski definition) is 5. The molecule has 24 heavy (non-hydrogen) atoms. The summed E-state index contributed by atoms with van der Waals surface area (Å²) in [7, 11) is 1.53. The maximum Gasteiger partial charge on any atom is 0.343 e. The van der Waals surface area contributed by atoms with Crippen molar-refractivity contribution in [1.82, 2.24) is 0 Å². The second-order valence-electron chi connectivity index (χ2n) is 4.60. The van der Waals surface area contributed by atoms with E-state index in [0.717, 1.165) is 0 Å². The van der Waals surface area contributed by atoms with Gasteiger partial charge in [0.25, 0.3) is 0 Å². The van der Waals surface area contributed by atoms with Crippen LogP contribution in [0.25, 0.3) is 0 Å². The van der Waals surface area contributed by atoms with Crippen LogP contribution < -0.4 is 9.47 Å². The molecule has 0 aliphatic rings. The lowest BCUT2D eigenvalue weighted by atomic mass is 10.2. The molecule has 0 radical (unpaired) electrons. The average molecular weight is 458 g/mol. The summed E-state index contributed by atoms with van der Waals surface area (Å²) < 4.78 is 16.8. The molecular weight excluding hydrogens is 444 g/mol. The summed E-state index contributed by atoms with van der Waals surface area (Å²) in [5, 5.41) is 0. The fourth-order valence-corrected chi connectivity index (χ4v) is 2.81. The quantitative estimate of drug-likeness (QED) is 0.484. The van der Waals surface area contributed by atoms with Gasteiger partial charge >= 0.3 is 11.9 Å². The van der Waals surface area contributed by atoms with E-state index in [1.54, 1.807) is 37.3 Å². The Balaban J connectivity index is 2.28. The highest BCUT2D eigenvalue weighted by Gasteiger charge is 2.18. The summed E-state index contributed by atoms with van der Waals surface area (Å²) in [5.41, 5.74) is 0.493. The van der Waals surface area contributed by atoms with Crippen molar-refractivity contribution in [3.63, 3.8) is 0 Å². The lowest BCUT2D eigenvalue weighted by Crippen LogP contribution is -2.13. The molecule has 0 saturated heterocycles. The van der Waals surface area contributed by atoms with Gasteiger partial charge in [0.2, 0.25) is 0 Å². The van der Waals surface area contributed by atoms with E-state index in [1.807, 2.05) is 0 Å². The largest absolute Gasteiger partial charge is 0.496 e. The number of benzene rings is 2. The van der Waals surface area contributed by atoms with E-state index in [0.29, 0.717) is 20.3 Å². The Morgan fingerprint density at radius 3 is 2.33 bits per heavy atom. The molecule has 7 heteroatoms. The Morgan fingerprint density at radius 1 is 1.00 bits per heavy atom. The smallest absolute Gasteiger partial charge is 0.343 e. The van der Waals surface area contributed by atoms with Crippen LogP contribution in [-0.2, 0) is 4.74 Å². The third-order valence-corrected chi connectivity index (χ3v) is 4.14. The fraction of sp³-hybridized carbons (Fsp3) is 0.176. The van der Waals surface area contributed by atoms with Gasteiger partial charge in [-0.15, -0.1) is 0 Å². The zero-order valence-electron chi connectivity index (χ0n) is 13.0. The molecule has 0 heterocycles. The van der Waals surface area contributed by atoms with Crippen molar-refractivity contribution in [2.24, 2.45) is 0 Å². The van der Waals surface area contributed by atoms with Gasteiger partial charge in [-0.05, 0) is 59.3 Å². The number of halogens is 2. The van der Waals surface area contributed by atoms with Crippen LogP contribution in [0.1, 0.15) is 27.6 Å². The van der Waals surface area contributed by atoms with E-state index in [4.69, 9.17) is 14.2 Å². The number of ether oxygens (including phenoxy) is 3. The first-order chi connectivity index (χ1) is 11.5. The third kappa shape index (κ3) is 4.36. The standard InChI is InChI=1S/C17H14Br2O5/c1-3-23-17(21)12-9-11(18)5-7-14(12)24-16(20)10-4-6-15(22-2)13(19)8-10/h4-9H,3H2,1-2H3. The van der Waals surface area contributed by atoms with Crippen molar-refractivity contribution in [2.45, 2.75) is 6.92 Å². The first kappa shape index (κ1) is 18.5. The van der Waals surface area contributed by atoms with Crippen LogP contribution in [0, 0.1) is 0 Å². The predicted molar refractivity (Wildman–Crippen MR) is 95.8 cm³/mol. The number of hydrogen-bond donors (Lipinski definition) is 0. The Hall–Kier alpha value is -1.86. The van der Waals surface area contributed by atoms with Crippen molar-refractivity contribution in [3.05, 3.63) is 56.5 Å². The SMILES string of the molecule is CCOC(=O)c1cc(Br)ccc1OC(=O)c1ccc(OC)c(Br)c1. The van der Waals surface area contributed by atoms with E-state index in [1.165, 1.54) is 13.2 Å². The summed E-state index contributed by atoms with van der Waals surface area (Å²) in [6, 6.07) is 9.57. The van der Waals surface area contributed by atoms with Crippen LogP contribution in [0.15, 0.2) is 45.3 Å². The monoisotopic (exact) mass is 456 g/mol. The highest BCUT2D eigenvalue weighted by Crippen LogP contribution is 2.28. The van der Waals surface area contributed by atoms with Crippen molar-refractivity contribution in [1.29, 1.82) is 0 Å². The normalized spacial score (nSPS) is 10.2. The molecule has 2 aromatic rings. The molecule has 0 aliphatic carbocycles. The summed E-state index contributed by atoms with van der Waals surface area (Å²) in [6.07, 6.45) is 0. The molecule has 5 nitrogen and oxygen atoms in total. The van der Waals surface area contributed by atoms with Gasteiger partial charge in [0.15, 0.2) is 0 Å². The number of esters is 2. The molecule has 2 rings (SSSR count). The first-order valence-electron chi connectivity index (χ1n) is 6.98. The van der Waals surface area contributed by atoms with Crippen molar-refractivity contribution < 1.29 is 23.8 Å². The Labute approximate surface area is 156 Å². The minimum atomic E-state index is -0.591. The Kier molecular flexibility index (Phi) is 6.39. The molecular formula is C17H14Br2O5. The van der Waals surface area contributed by atoms with Crippen molar-refractivity contribution in [2.75, 3.05) is 13.7 Å². The summed E-state index contributed by atoms with van der Waals surface area (Å²) >= 11 is 6.60. The highest BCUT2D eigenvalue weighted by molar-refractivity contribution is 9.10. The maximum atomic E-state index is 12.3. The van der Waals surface area contributed by atoms with E-state index in [-0.39, 0.29) is 17.9 Å². The van der Waals surface area contributed by atoms with Crippen molar-refractivity contribution >= 4 is 43.8 Å². The zero-order valence-corrected chi connectivity index (χ0v) is 16.1. The Morgan fingerprint density at radius 2 is 1.71 bits per heavy atom. The topological polar surface area (TPSA) is 61.8 Å². The first-order valence-corrected chi connectivity index (χ1v) is 8.57. The molecule has 0 bridgehead atoms. The fourth-order valence-electron chi connectivity index (χ4n) is 1.91. The van der Waals surface area contributed by atoms with Gasteiger partial charge in [-0.3, -0.25) is 0 Å². The summed E-state index contributed by atoms with van der Waals surface area (Å²) in [6.45, 7) is 1.93. The van der Waals surface area contributed by atoms with Gasteiger partial charge < -0.3 is 14.2 Å². The number of rotatable bonds is 5. The zero-order chi connectivity index (χ0) is 17.7. The molecule has 0 unspecified atom stereocenters. The van der Waals surface area contributed by atoms with E-state index in [9.17, 15) is 9.59 Å². The van der Waals surface area contributed by atoms with Crippen LogP contribution in [0.2, 0.25) is 0 Å². The minimum Gasteiger partial charge on any atom is -0.496 e. The Bertz CT molecular complexity index is 774. The molecule has 0 amide bonds. The third-order valence-electron chi connectivity index (χ3n) is 3.03. The van der Waals surface area contributed by atoms with Gasteiger partial charge in [0, 0.05) is 4.47 Å². The highest BCUT2D eigenvalue weighted by atomic mass is 79.9. The second kappa shape index (κ2) is 8.30. The molecule has 126 valence electrons. The van der Waals surface area contributed by atoms with E-state index < -0.39 is 11.9 Å². The molecule has 0 N–H and O–H groups in total. The van der Waals surface area contributed by atoms with Crippen LogP contribution in [-0.4, -0.2) is 25.7 Å². The molecule has 0 aliphatic heterocycles. The number of carbonyl (C=O) groups is 2. The van der Waals surface area contributed by atoms with Crippen LogP contribution in [0.4, 0.5) is 0 Å². The molecule has 0 fully saturated rings. The maximum absolute atomic E-state index is 12.3. The molecule has 0 aromatic heterocycles. The lowest BCUT2D eigenvalue weighted by molar-refractivity contribution is 0.0520. The van der Waals surface area contributed by atoms with Gasteiger partial charge in [0.05, 0.1) is 23.8 Å². The van der Waals surface area contributed by atoms with Crippen LogP contribution in [0.5, 0.6) is 11.5 Å². The molecule has 2 aromatic carbocycles. The second-order valence-corrected chi connectivity index (χ2v) is 6.37. The summed E-state index contributed by atoms with van der Waals surface area (Å²) in [4.78, 5) is 24.4. The lowest BCUT2D eigenvalue weighted by Gasteiger charge is -2.11. The van der Waals surface area contributed by atoms with E-state index in [2.05, 4.69) is 31.9 Å².